The fourth-order valence-electron chi connectivity index (χ4n) is 1.91. The van der Waals surface area contributed by atoms with E-state index in [9.17, 15) is 0 Å². The van der Waals surface area contributed by atoms with Crippen molar-refractivity contribution >= 4 is 0 Å². The van der Waals surface area contributed by atoms with Crippen molar-refractivity contribution in [1.82, 2.24) is 5.48 Å². The van der Waals surface area contributed by atoms with E-state index in [2.05, 4.69) is 19.3 Å². The third-order valence-corrected chi connectivity index (χ3v) is 2.77. The topological polar surface area (TPSA) is 21.3 Å². The molecule has 0 bridgehead atoms. The zero-order chi connectivity index (χ0) is 9.52. The molecule has 1 fully saturated rings. The minimum atomic E-state index is 0.494. The van der Waals surface area contributed by atoms with Gasteiger partial charge in [-0.15, -0.1) is 0 Å². The normalized spacial score (nSPS) is 20.8. The predicted octanol–water partition coefficient (Wildman–Crippen LogP) is 2.89. The molecule has 0 aliphatic heterocycles. The van der Waals surface area contributed by atoms with E-state index in [0.29, 0.717) is 6.10 Å². The Labute approximate surface area is 82.0 Å². The van der Waals surface area contributed by atoms with Crippen molar-refractivity contribution in [2.75, 3.05) is 6.54 Å². The first-order chi connectivity index (χ1) is 6.33. The maximum Gasteiger partial charge on any atom is 0.0790 e. The molecule has 78 valence electrons. The fourth-order valence-corrected chi connectivity index (χ4v) is 1.91. The summed E-state index contributed by atoms with van der Waals surface area (Å²) in [6.45, 7) is 5.51. The minimum Gasteiger partial charge on any atom is -0.299 e. The maximum absolute atomic E-state index is 5.57. The van der Waals surface area contributed by atoms with E-state index in [1.807, 2.05) is 0 Å². The van der Waals surface area contributed by atoms with Crippen LogP contribution in [0.5, 0.6) is 0 Å². The molecule has 0 spiro atoms. The molecule has 0 aromatic rings. The van der Waals surface area contributed by atoms with Gasteiger partial charge in [0.05, 0.1) is 6.10 Å². The Morgan fingerprint density at radius 1 is 1.38 bits per heavy atom. The van der Waals surface area contributed by atoms with Gasteiger partial charge in [0.15, 0.2) is 0 Å². The zero-order valence-corrected chi connectivity index (χ0v) is 9.01. The van der Waals surface area contributed by atoms with Crippen LogP contribution in [0.15, 0.2) is 0 Å². The van der Waals surface area contributed by atoms with Gasteiger partial charge in [-0.3, -0.25) is 4.84 Å². The van der Waals surface area contributed by atoms with Crippen LogP contribution in [-0.2, 0) is 4.84 Å². The standard InChI is InChI=1S/C11H23NO/c1-3-6-10(2)9-12-13-11-7-4-5-8-11/h10-12H,3-9H2,1-2H3. The largest absolute Gasteiger partial charge is 0.299 e. The third-order valence-electron chi connectivity index (χ3n) is 2.77. The van der Waals surface area contributed by atoms with Crippen molar-refractivity contribution in [2.45, 2.75) is 58.5 Å². The Kier molecular flexibility index (Phi) is 5.40. The van der Waals surface area contributed by atoms with Crippen molar-refractivity contribution in [3.8, 4) is 0 Å². The van der Waals surface area contributed by atoms with E-state index in [4.69, 9.17) is 4.84 Å². The smallest absolute Gasteiger partial charge is 0.0790 e. The molecule has 0 heterocycles. The highest BCUT2D eigenvalue weighted by Crippen LogP contribution is 2.19. The van der Waals surface area contributed by atoms with Crippen LogP contribution in [0.25, 0.3) is 0 Å². The van der Waals surface area contributed by atoms with Crippen LogP contribution >= 0.6 is 0 Å². The molecule has 1 aliphatic rings. The van der Waals surface area contributed by atoms with E-state index in [1.165, 1.54) is 38.5 Å². The summed E-state index contributed by atoms with van der Waals surface area (Å²) in [4.78, 5) is 5.57. The summed E-state index contributed by atoms with van der Waals surface area (Å²) < 4.78 is 0. The third kappa shape index (κ3) is 4.63. The Morgan fingerprint density at radius 2 is 2.08 bits per heavy atom. The number of nitrogens with one attached hydrogen (secondary N) is 1. The van der Waals surface area contributed by atoms with Crippen LogP contribution < -0.4 is 5.48 Å². The second-order valence-corrected chi connectivity index (χ2v) is 4.27. The van der Waals surface area contributed by atoms with Crippen LogP contribution in [0.4, 0.5) is 0 Å². The van der Waals surface area contributed by atoms with Gasteiger partial charge >= 0.3 is 0 Å². The molecule has 0 radical (unpaired) electrons. The van der Waals surface area contributed by atoms with Gasteiger partial charge in [-0.25, -0.2) is 5.48 Å². The minimum absolute atomic E-state index is 0.494. The Balaban J connectivity index is 1.93. The first-order valence-corrected chi connectivity index (χ1v) is 5.71. The van der Waals surface area contributed by atoms with Crippen molar-refractivity contribution in [1.29, 1.82) is 0 Å². The van der Waals surface area contributed by atoms with E-state index >= 15 is 0 Å². The van der Waals surface area contributed by atoms with Crippen molar-refractivity contribution in [3.05, 3.63) is 0 Å². The molecule has 1 atom stereocenters. The zero-order valence-electron chi connectivity index (χ0n) is 9.01. The quantitative estimate of drug-likeness (QED) is 0.642. The van der Waals surface area contributed by atoms with E-state index in [0.717, 1.165) is 12.5 Å². The van der Waals surface area contributed by atoms with E-state index < -0.39 is 0 Å². The van der Waals surface area contributed by atoms with Gasteiger partial charge in [0.2, 0.25) is 0 Å². The van der Waals surface area contributed by atoms with Gasteiger partial charge in [-0.1, -0.05) is 33.1 Å². The van der Waals surface area contributed by atoms with E-state index in [1.54, 1.807) is 0 Å². The van der Waals surface area contributed by atoms with Crippen LogP contribution in [0, 0.1) is 5.92 Å². The van der Waals surface area contributed by atoms with Gasteiger partial charge in [0.1, 0.15) is 0 Å². The number of rotatable bonds is 6. The van der Waals surface area contributed by atoms with E-state index in [-0.39, 0.29) is 0 Å². The van der Waals surface area contributed by atoms with Crippen molar-refractivity contribution < 1.29 is 4.84 Å². The summed E-state index contributed by atoms with van der Waals surface area (Å²) in [6.07, 6.45) is 8.24. The lowest BCUT2D eigenvalue weighted by Crippen LogP contribution is -2.26. The number of hydroxylamine groups is 1. The highest BCUT2D eigenvalue weighted by atomic mass is 16.7. The number of hydrogen-bond donors (Lipinski definition) is 1. The average molecular weight is 185 g/mol. The summed E-state index contributed by atoms with van der Waals surface area (Å²) in [7, 11) is 0. The summed E-state index contributed by atoms with van der Waals surface area (Å²) >= 11 is 0. The first-order valence-electron chi connectivity index (χ1n) is 5.71. The fraction of sp³-hybridized carbons (Fsp3) is 1.00. The van der Waals surface area contributed by atoms with Crippen molar-refractivity contribution in [3.63, 3.8) is 0 Å². The highest BCUT2D eigenvalue weighted by Gasteiger charge is 2.15. The lowest BCUT2D eigenvalue weighted by atomic mass is 10.1. The second kappa shape index (κ2) is 6.39. The molecule has 0 amide bonds. The SMILES string of the molecule is CCCC(C)CNOC1CCCC1. The molecule has 0 aromatic carbocycles. The summed E-state index contributed by atoms with van der Waals surface area (Å²) in [6, 6.07) is 0. The molecule has 1 aliphatic carbocycles. The van der Waals surface area contributed by atoms with Crippen LogP contribution in [0.1, 0.15) is 52.4 Å². The van der Waals surface area contributed by atoms with Gasteiger partial charge in [0.25, 0.3) is 0 Å². The monoisotopic (exact) mass is 185 g/mol. The Bertz CT molecular complexity index is 121. The molecule has 1 unspecified atom stereocenters. The molecule has 1 N–H and O–H groups in total. The van der Waals surface area contributed by atoms with Crippen LogP contribution in [0.3, 0.4) is 0 Å². The summed E-state index contributed by atoms with van der Waals surface area (Å²) in [5.41, 5.74) is 3.11. The Morgan fingerprint density at radius 3 is 2.69 bits per heavy atom. The van der Waals surface area contributed by atoms with Gasteiger partial charge in [-0.2, -0.15) is 0 Å². The number of hydrogen-bond acceptors (Lipinski definition) is 2. The van der Waals surface area contributed by atoms with Gasteiger partial charge in [0, 0.05) is 6.54 Å². The highest BCUT2D eigenvalue weighted by molar-refractivity contribution is 4.65. The molecule has 2 heteroatoms. The molecule has 13 heavy (non-hydrogen) atoms. The van der Waals surface area contributed by atoms with Gasteiger partial charge < -0.3 is 0 Å². The molecule has 1 saturated carbocycles. The summed E-state index contributed by atoms with van der Waals surface area (Å²) in [5.74, 6) is 0.742. The summed E-state index contributed by atoms with van der Waals surface area (Å²) in [5, 5.41) is 0. The second-order valence-electron chi connectivity index (χ2n) is 4.27. The maximum atomic E-state index is 5.57. The molecular formula is C11H23NO. The lowest BCUT2D eigenvalue weighted by Gasteiger charge is -2.14. The lowest BCUT2D eigenvalue weighted by molar-refractivity contribution is -0.0261. The average Bonchev–Trinajstić information content (AvgIpc) is 2.57. The molecule has 0 aromatic heterocycles. The Hall–Kier alpha value is -0.0800. The van der Waals surface area contributed by atoms with Crippen molar-refractivity contribution in [2.24, 2.45) is 5.92 Å². The van der Waals surface area contributed by atoms with Crippen LogP contribution in [0.2, 0.25) is 0 Å². The van der Waals surface area contributed by atoms with Crippen LogP contribution in [-0.4, -0.2) is 12.6 Å². The predicted molar refractivity (Wildman–Crippen MR) is 55.4 cm³/mol. The molecule has 1 rings (SSSR count). The van der Waals surface area contributed by atoms with Gasteiger partial charge in [-0.05, 0) is 25.2 Å². The molecular weight excluding hydrogens is 162 g/mol. The first kappa shape index (κ1) is 11.0. The molecule has 0 saturated heterocycles. The molecule has 2 nitrogen and oxygen atoms in total.